The van der Waals surface area contributed by atoms with E-state index in [0.29, 0.717) is 10.8 Å². The largest absolute Gasteiger partial charge is 0.495 e. The van der Waals surface area contributed by atoms with Gasteiger partial charge in [-0.15, -0.1) is 0 Å². The van der Waals surface area contributed by atoms with E-state index in [1.54, 1.807) is 6.07 Å². The summed E-state index contributed by atoms with van der Waals surface area (Å²) in [7, 11) is 1.54. The van der Waals surface area contributed by atoms with Crippen molar-refractivity contribution in [2.24, 2.45) is 0 Å². The van der Waals surface area contributed by atoms with E-state index in [9.17, 15) is 4.79 Å². The molecule has 1 aromatic rings. The van der Waals surface area contributed by atoms with Crippen molar-refractivity contribution in [3.63, 3.8) is 0 Å². The maximum atomic E-state index is 10.7. The van der Waals surface area contributed by atoms with E-state index < -0.39 is 5.97 Å². The molecule has 0 fully saturated rings. The van der Waals surface area contributed by atoms with Crippen LogP contribution in [0, 0.1) is 6.92 Å². The SMILES string of the molecule is COc1c(Cl)cc(C)cc1C(C)CC(=O)O. The van der Waals surface area contributed by atoms with E-state index in [4.69, 9.17) is 21.4 Å². The molecule has 1 rings (SSSR count). The first-order valence-electron chi connectivity index (χ1n) is 5.01. The fraction of sp³-hybridized carbons (Fsp3) is 0.417. The Kier molecular flexibility index (Phi) is 4.19. The zero-order valence-electron chi connectivity index (χ0n) is 9.58. The quantitative estimate of drug-likeness (QED) is 0.882. The number of aliphatic carboxylic acids is 1. The van der Waals surface area contributed by atoms with Crippen LogP contribution in [0.5, 0.6) is 5.75 Å². The lowest BCUT2D eigenvalue weighted by atomic mass is 9.95. The number of benzene rings is 1. The molecule has 0 saturated carbocycles. The summed E-state index contributed by atoms with van der Waals surface area (Å²) < 4.78 is 5.21. The van der Waals surface area contributed by atoms with Crippen LogP contribution < -0.4 is 4.74 Å². The van der Waals surface area contributed by atoms with Gasteiger partial charge in [0.15, 0.2) is 0 Å². The highest BCUT2D eigenvalue weighted by Crippen LogP contribution is 2.35. The molecule has 1 N–H and O–H groups in total. The van der Waals surface area contributed by atoms with Crippen molar-refractivity contribution in [1.82, 2.24) is 0 Å². The number of hydrogen-bond donors (Lipinski definition) is 1. The first-order valence-corrected chi connectivity index (χ1v) is 5.39. The van der Waals surface area contributed by atoms with Gasteiger partial charge in [-0.25, -0.2) is 0 Å². The Hall–Kier alpha value is -1.22. The third-order valence-electron chi connectivity index (χ3n) is 2.43. The fourth-order valence-corrected chi connectivity index (χ4v) is 2.07. The third kappa shape index (κ3) is 2.89. The number of ether oxygens (including phenoxy) is 1. The molecule has 1 atom stereocenters. The molecule has 0 aliphatic heterocycles. The number of rotatable bonds is 4. The van der Waals surface area contributed by atoms with Crippen molar-refractivity contribution in [1.29, 1.82) is 0 Å². The number of carboxylic acids is 1. The Labute approximate surface area is 100.0 Å². The molecular formula is C12H15ClO3. The van der Waals surface area contributed by atoms with Gasteiger partial charge in [-0.3, -0.25) is 4.79 Å². The molecule has 1 aromatic carbocycles. The molecule has 4 heteroatoms. The Morgan fingerprint density at radius 3 is 2.69 bits per heavy atom. The van der Waals surface area contributed by atoms with Crippen LogP contribution in [-0.4, -0.2) is 18.2 Å². The van der Waals surface area contributed by atoms with Gasteiger partial charge in [-0.1, -0.05) is 24.6 Å². The van der Waals surface area contributed by atoms with Gasteiger partial charge < -0.3 is 9.84 Å². The smallest absolute Gasteiger partial charge is 0.303 e. The molecule has 0 saturated heterocycles. The van der Waals surface area contributed by atoms with Crippen LogP contribution in [0.25, 0.3) is 0 Å². The van der Waals surface area contributed by atoms with Gasteiger partial charge in [0.2, 0.25) is 0 Å². The molecule has 0 heterocycles. The van der Waals surface area contributed by atoms with Crippen molar-refractivity contribution in [2.45, 2.75) is 26.2 Å². The van der Waals surface area contributed by atoms with E-state index >= 15 is 0 Å². The lowest BCUT2D eigenvalue weighted by Gasteiger charge is -2.16. The second kappa shape index (κ2) is 5.21. The first kappa shape index (κ1) is 12.8. The van der Waals surface area contributed by atoms with Crippen LogP contribution in [0.3, 0.4) is 0 Å². The summed E-state index contributed by atoms with van der Waals surface area (Å²) in [6.45, 7) is 3.77. The minimum Gasteiger partial charge on any atom is -0.495 e. The zero-order valence-corrected chi connectivity index (χ0v) is 10.3. The molecule has 0 spiro atoms. The van der Waals surface area contributed by atoms with Crippen molar-refractivity contribution in [3.05, 3.63) is 28.3 Å². The molecule has 88 valence electrons. The molecule has 3 nitrogen and oxygen atoms in total. The normalized spacial score (nSPS) is 12.2. The first-order chi connectivity index (χ1) is 7.45. The summed E-state index contributed by atoms with van der Waals surface area (Å²) in [5.74, 6) is -0.377. The third-order valence-corrected chi connectivity index (χ3v) is 2.71. The Morgan fingerprint density at radius 2 is 2.19 bits per heavy atom. The van der Waals surface area contributed by atoms with Crippen molar-refractivity contribution < 1.29 is 14.6 Å². The molecular weight excluding hydrogens is 228 g/mol. The van der Waals surface area contributed by atoms with Gasteiger partial charge in [0.05, 0.1) is 18.6 Å². The van der Waals surface area contributed by atoms with Crippen molar-refractivity contribution in [3.8, 4) is 5.75 Å². The minimum absolute atomic E-state index is 0.0656. The van der Waals surface area contributed by atoms with Crippen LogP contribution in [-0.2, 0) is 4.79 Å². The lowest BCUT2D eigenvalue weighted by molar-refractivity contribution is -0.137. The van der Waals surface area contributed by atoms with Gasteiger partial charge in [0.1, 0.15) is 5.75 Å². The van der Waals surface area contributed by atoms with Gasteiger partial charge >= 0.3 is 5.97 Å². The number of carboxylic acid groups (broad SMARTS) is 1. The summed E-state index contributed by atoms with van der Waals surface area (Å²) in [6, 6.07) is 3.72. The average molecular weight is 243 g/mol. The number of halogens is 1. The highest BCUT2D eigenvalue weighted by Gasteiger charge is 2.17. The van der Waals surface area contributed by atoms with E-state index in [0.717, 1.165) is 11.1 Å². The molecule has 16 heavy (non-hydrogen) atoms. The molecule has 0 aliphatic rings. The topological polar surface area (TPSA) is 46.5 Å². The molecule has 1 unspecified atom stereocenters. The second-order valence-electron chi connectivity index (χ2n) is 3.87. The zero-order chi connectivity index (χ0) is 12.3. The lowest BCUT2D eigenvalue weighted by Crippen LogP contribution is -2.05. The maximum absolute atomic E-state index is 10.7. The summed E-state index contributed by atoms with van der Waals surface area (Å²) in [5, 5.41) is 9.30. The number of methoxy groups -OCH3 is 1. The molecule has 0 amide bonds. The van der Waals surface area contributed by atoms with Crippen LogP contribution in [0.4, 0.5) is 0 Å². The van der Waals surface area contributed by atoms with E-state index in [1.165, 1.54) is 7.11 Å². The van der Waals surface area contributed by atoms with E-state index in [2.05, 4.69) is 0 Å². The predicted octanol–water partition coefficient (Wildman–Crippen LogP) is 3.24. The van der Waals surface area contributed by atoms with Gasteiger partial charge in [0, 0.05) is 0 Å². The number of hydrogen-bond acceptors (Lipinski definition) is 2. The standard InChI is InChI=1S/C12H15ClO3/c1-7-4-9(8(2)6-11(14)15)12(16-3)10(13)5-7/h4-5,8H,6H2,1-3H3,(H,14,15). The number of aryl methyl sites for hydroxylation is 1. The summed E-state index contributed by atoms with van der Waals surface area (Å²) in [4.78, 5) is 10.7. The van der Waals surface area contributed by atoms with E-state index in [1.807, 2.05) is 19.9 Å². The summed E-state index contributed by atoms with van der Waals surface area (Å²) >= 11 is 6.04. The van der Waals surface area contributed by atoms with Gasteiger partial charge in [-0.2, -0.15) is 0 Å². The van der Waals surface area contributed by atoms with E-state index in [-0.39, 0.29) is 12.3 Å². The predicted molar refractivity (Wildman–Crippen MR) is 63.4 cm³/mol. The minimum atomic E-state index is -0.827. The highest BCUT2D eigenvalue weighted by atomic mass is 35.5. The van der Waals surface area contributed by atoms with Gasteiger partial charge in [0.25, 0.3) is 0 Å². The van der Waals surface area contributed by atoms with Crippen molar-refractivity contribution >= 4 is 17.6 Å². The van der Waals surface area contributed by atoms with Gasteiger partial charge in [-0.05, 0) is 30.0 Å². The molecule has 0 radical (unpaired) electrons. The Balaban J connectivity index is 3.15. The monoisotopic (exact) mass is 242 g/mol. The average Bonchev–Trinajstić information content (AvgIpc) is 2.15. The summed E-state index contributed by atoms with van der Waals surface area (Å²) in [5.41, 5.74) is 1.84. The van der Waals surface area contributed by atoms with Crippen molar-refractivity contribution in [2.75, 3.05) is 7.11 Å². The van der Waals surface area contributed by atoms with Crippen LogP contribution >= 0.6 is 11.6 Å². The summed E-state index contributed by atoms with van der Waals surface area (Å²) in [6.07, 6.45) is 0.0656. The fourth-order valence-electron chi connectivity index (χ4n) is 1.71. The highest BCUT2D eigenvalue weighted by molar-refractivity contribution is 6.32. The molecule has 0 aromatic heterocycles. The number of carbonyl (C=O) groups is 1. The molecule has 0 bridgehead atoms. The maximum Gasteiger partial charge on any atom is 0.303 e. The molecule has 0 aliphatic carbocycles. The van der Waals surface area contributed by atoms with Crippen LogP contribution in [0.15, 0.2) is 12.1 Å². The van der Waals surface area contributed by atoms with Crippen LogP contribution in [0.1, 0.15) is 30.4 Å². The Bertz CT molecular complexity index is 401. The van der Waals surface area contributed by atoms with Crippen LogP contribution in [0.2, 0.25) is 5.02 Å². The second-order valence-corrected chi connectivity index (χ2v) is 4.28. The Morgan fingerprint density at radius 1 is 1.56 bits per heavy atom.